The van der Waals surface area contributed by atoms with E-state index in [9.17, 15) is 38.4 Å². The van der Waals surface area contributed by atoms with Crippen LogP contribution in [0.25, 0.3) is 0 Å². The summed E-state index contributed by atoms with van der Waals surface area (Å²) in [6.07, 6.45) is -0.111. The van der Waals surface area contributed by atoms with Crippen LogP contribution in [0.5, 0.6) is 0 Å². The second-order valence-corrected chi connectivity index (χ2v) is 19.2. The van der Waals surface area contributed by atoms with Crippen molar-refractivity contribution in [2.24, 2.45) is 29.2 Å². The van der Waals surface area contributed by atoms with Gasteiger partial charge in [0.15, 0.2) is 0 Å². The van der Waals surface area contributed by atoms with Gasteiger partial charge in [0.05, 0.1) is 106 Å². The highest BCUT2D eigenvalue weighted by Crippen LogP contribution is 2.16. The van der Waals surface area contributed by atoms with E-state index in [0.717, 1.165) is 0 Å². The van der Waals surface area contributed by atoms with Gasteiger partial charge in [-0.1, -0.05) is 53.7 Å². The van der Waals surface area contributed by atoms with Crippen molar-refractivity contribution < 1.29 is 81.0 Å². The zero-order chi connectivity index (χ0) is 59.5. The zero-order valence-electron chi connectivity index (χ0n) is 48.4. The molecule has 0 aliphatic heterocycles. The number of carbonyl (C=O) groups is 8. The predicted octanol–water partition coefficient (Wildman–Crippen LogP) is 0.167. The van der Waals surface area contributed by atoms with E-state index in [2.05, 4.69) is 37.2 Å². The largest absolute Gasteiger partial charge is 0.445 e. The van der Waals surface area contributed by atoms with Crippen LogP contribution in [0.4, 0.5) is 15.3 Å². The molecular formula is C53H94N10O17. The Balaban J connectivity index is 2.41. The summed E-state index contributed by atoms with van der Waals surface area (Å²) in [7, 11) is 2.93. The maximum atomic E-state index is 13.6. The average molecular weight is 1140 g/mol. The Kier molecular flexibility index (Phi) is 40.5. The molecule has 0 spiro atoms. The van der Waals surface area contributed by atoms with Crippen LogP contribution in [-0.2, 0) is 78.0 Å². The van der Waals surface area contributed by atoms with Gasteiger partial charge in [0.25, 0.3) is 0 Å². The maximum absolute atomic E-state index is 13.6. The summed E-state index contributed by atoms with van der Waals surface area (Å²) in [6, 6.07) is 1.92. The van der Waals surface area contributed by atoms with Crippen LogP contribution in [0.15, 0.2) is 24.3 Å². The highest BCUT2D eigenvalue weighted by atomic mass is 16.6. The molecule has 0 saturated heterocycles. The Bertz CT molecular complexity index is 1920. The normalized spacial score (nSPS) is 12.8. The van der Waals surface area contributed by atoms with Gasteiger partial charge in [-0.2, -0.15) is 0 Å². The minimum absolute atomic E-state index is 0.0312. The van der Waals surface area contributed by atoms with Crippen molar-refractivity contribution >= 4 is 53.3 Å². The van der Waals surface area contributed by atoms with Crippen LogP contribution in [0.1, 0.15) is 72.8 Å². The lowest BCUT2D eigenvalue weighted by Gasteiger charge is -2.31. The Labute approximate surface area is 471 Å². The van der Waals surface area contributed by atoms with Gasteiger partial charge in [0.2, 0.25) is 35.4 Å². The molecule has 0 bridgehead atoms. The monoisotopic (exact) mass is 1140 g/mol. The lowest BCUT2D eigenvalue weighted by Crippen LogP contribution is -2.56. The summed E-state index contributed by atoms with van der Waals surface area (Å²) in [6.45, 7) is 17.3. The van der Waals surface area contributed by atoms with Gasteiger partial charge < -0.3 is 91.3 Å². The molecule has 1 unspecified atom stereocenters. The molecule has 0 radical (unpaired) electrons. The number of rotatable bonds is 47. The molecular weight excluding hydrogens is 1050 g/mol. The molecule has 1 aromatic rings. The molecule has 4 atom stereocenters. The molecule has 0 fully saturated rings. The first-order valence-corrected chi connectivity index (χ1v) is 27.4. The van der Waals surface area contributed by atoms with Crippen molar-refractivity contribution in [3.05, 3.63) is 29.8 Å². The van der Waals surface area contributed by atoms with Gasteiger partial charge in [0, 0.05) is 52.3 Å². The van der Waals surface area contributed by atoms with Gasteiger partial charge >= 0.3 is 12.1 Å². The number of primary amides is 1. The third-order valence-electron chi connectivity index (χ3n) is 11.6. The number of amides is 9. The zero-order valence-corrected chi connectivity index (χ0v) is 48.4. The molecule has 27 heteroatoms. The minimum Gasteiger partial charge on any atom is -0.445 e. The summed E-state index contributed by atoms with van der Waals surface area (Å²) in [5.41, 5.74) is 11.5. The Morgan fingerprint density at radius 2 is 0.975 bits per heavy atom. The number of urea groups is 1. The SMILES string of the molecule is CNC(=O)C(NC(=O)[C@@H](C(C)C)N(C)C(=O)OCc1ccc(NC(=O)[C@H](CCCNC(N)=O)NC(=O)[C@@H](NC(=O)CCOCCOCCOCCOCCOCCOCCOCCOCCC(=O)NCCN)C(C)C)cc1)C(C)C. The van der Waals surface area contributed by atoms with Crippen molar-refractivity contribution in [3.8, 4) is 0 Å². The van der Waals surface area contributed by atoms with Crippen LogP contribution in [0, 0.1) is 17.8 Å². The van der Waals surface area contributed by atoms with Gasteiger partial charge in [0.1, 0.15) is 30.8 Å². The van der Waals surface area contributed by atoms with Crippen LogP contribution >= 0.6 is 0 Å². The van der Waals surface area contributed by atoms with Crippen molar-refractivity contribution in [2.45, 2.75) is 98.0 Å². The Morgan fingerprint density at radius 1 is 0.525 bits per heavy atom. The smallest absolute Gasteiger partial charge is 0.410 e. The highest BCUT2D eigenvalue weighted by molar-refractivity contribution is 5.98. The quantitative estimate of drug-likeness (QED) is 0.0393. The summed E-state index contributed by atoms with van der Waals surface area (Å²) >= 11 is 0. The summed E-state index contributed by atoms with van der Waals surface area (Å²) in [5, 5.41) is 18.7. The number of nitrogens with zero attached hydrogens (tertiary/aromatic N) is 1. The Morgan fingerprint density at radius 3 is 1.40 bits per heavy atom. The fourth-order valence-electron chi connectivity index (χ4n) is 7.23. The number of carbonyl (C=O) groups excluding carboxylic acids is 8. The molecule has 458 valence electrons. The molecule has 0 aliphatic rings. The first kappa shape index (κ1) is 72.2. The van der Waals surface area contributed by atoms with E-state index in [0.29, 0.717) is 110 Å². The molecule has 0 heterocycles. The van der Waals surface area contributed by atoms with Gasteiger partial charge in [-0.3, -0.25) is 33.7 Å². The molecule has 1 aromatic carbocycles. The molecule has 0 aliphatic carbocycles. The number of nitrogens with two attached hydrogens (primary N) is 2. The fraction of sp³-hybridized carbons (Fsp3) is 0.736. The fourth-order valence-corrected chi connectivity index (χ4v) is 7.23. The van der Waals surface area contributed by atoms with E-state index in [1.807, 2.05) is 0 Å². The van der Waals surface area contributed by atoms with E-state index in [-0.39, 0.29) is 88.2 Å². The molecule has 27 nitrogen and oxygen atoms in total. The van der Waals surface area contributed by atoms with E-state index in [4.69, 9.17) is 54.1 Å². The number of ether oxygens (including phenoxy) is 9. The maximum Gasteiger partial charge on any atom is 0.410 e. The van der Waals surface area contributed by atoms with Crippen molar-refractivity contribution in [1.29, 1.82) is 0 Å². The Hall–Kier alpha value is -5.78. The third-order valence-corrected chi connectivity index (χ3v) is 11.6. The van der Waals surface area contributed by atoms with E-state index < -0.39 is 59.9 Å². The number of likely N-dealkylation sites (N-methyl/N-ethyl adjacent to an activating group) is 2. The molecule has 9 amide bonds. The summed E-state index contributed by atoms with van der Waals surface area (Å²) < 4.78 is 49.3. The lowest BCUT2D eigenvalue weighted by molar-refractivity contribution is -0.133. The molecule has 11 N–H and O–H groups in total. The summed E-state index contributed by atoms with van der Waals surface area (Å²) in [4.78, 5) is 103. The second kappa shape index (κ2) is 44.9. The molecule has 80 heavy (non-hydrogen) atoms. The number of benzene rings is 1. The number of hydrogen-bond donors (Lipinski definition) is 9. The highest BCUT2D eigenvalue weighted by Gasteiger charge is 2.34. The van der Waals surface area contributed by atoms with Crippen LogP contribution in [0.2, 0.25) is 0 Å². The van der Waals surface area contributed by atoms with Crippen LogP contribution in [0.3, 0.4) is 0 Å². The van der Waals surface area contributed by atoms with Crippen molar-refractivity contribution in [3.63, 3.8) is 0 Å². The first-order chi connectivity index (χ1) is 38.3. The standard InChI is InChI=1S/C53H94N10O17/c1-37(2)45(49(67)56-7)62-51(69)47(39(5)6)63(8)53(71)80-36-40-11-13-41(14-12-40)59-48(66)42(10-9-18-58-52(55)70)60-50(68)46(38(3)4)61-44(65)16-21-73-23-25-75-27-29-77-31-33-79-35-34-78-32-30-76-28-26-74-24-22-72-20-15-43(64)57-19-17-54/h11-14,37-39,42,45-47H,9-10,15-36,54H2,1-8H3,(H,56,67)(H,57,64)(H,59,66)(H,60,68)(H,61,65)(H,62,69)(H3,55,58,70)/t42-,45?,46-,47+/m0/s1. The second-order valence-electron chi connectivity index (χ2n) is 19.2. The minimum atomic E-state index is -1.08. The molecule has 0 saturated carbocycles. The van der Waals surface area contributed by atoms with Gasteiger partial charge in [-0.15, -0.1) is 0 Å². The van der Waals surface area contributed by atoms with E-state index in [1.54, 1.807) is 65.8 Å². The summed E-state index contributed by atoms with van der Waals surface area (Å²) in [5.74, 6) is -3.39. The van der Waals surface area contributed by atoms with Gasteiger partial charge in [-0.05, 0) is 48.3 Å². The lowest BCUT2D eigenvalue weighted by atomic mass is 9.99. The first-order valence-electron chi connectivity index (χ1n) is 27.4. The van der Waals surface area contributed by atoms with Crippen LogP contribution < -0.4 is 48.7 Å². The van der Waals surface area contributed by atoms with Crippen molar-refractivity contribution in [1.82, 2.24) is 36.8 Å². The van der Waals surface area contributed by atoms with Gasteiger partial charge in [-0.25, -0.2) is 9.59 Å². The number of nitrogens with one attached hydrogen (secondary N) is 7. The van der Waals surface area contributed by atoms with Crippen molar-refractivity contribution in [2.75, 3.05) is 145 Å². The average Bonchev–Trinajstić information content (AvgIpc) is 3.42. The van der Waals surface area contributed by atoms with E-state index >= 15 is 0 Å². The molecule has 1 rings (SSSR count). The number of anilines is 1. The van der Waals surface area contributed by atoms with E-state index in [1.165, 1.54) is 19.0 Å². The topological polar surface area (TPSA) is 359 Å². The number of hydrogen-bond acceptors (Lipinski definition) is 18. The predicted molar refractivity (Wildman–Crippen MR) is 296 cm³/mol. The third kappa shape index (κ3) is 34.4. The van der Waals surface area contributed by atoms with Crippen LogP contribution in [-0.4, -0.2) is 216 Å². The molecule has 0 aromatic heterocycles.